The topological polar surface area (TPSA) is 103 Å². The average Bonchev–Trinajstić information content (AvgIpc) is 3.14. The van der Waals surface area contributed by atoms with Crippen LogP contribution in [0.5, 0.6) is 0 Å². The number of Topliss-reactive ketones (excluding diaryl/α,β-unsaturated/α-hetero) is 1. The number of aromatic nitrogens is 5. The number of rotatable bonds is 5. The van der Waals surface area contributed by atoms with Crippen molar-refractivity contribution in [3.8, 4) is 0 Å². The standard InChI is InChI=1S/C17H19N5O3S/c1-8-12(17(24)25-5)9(2)21-13(8)14(23)10(3)26-16-11-6-20-22(4)15(11)18-7-19-16/h6-7,10,21H,1-5H3. The number of thioether (sulfide) groups is 1. The summed E-state index contributed by atoms with van der Waals surface area (Å²) in [5.41, 5.74) is 2.75. The Morgan fingerprint density at radius 3 is 2.73 bits per heavy atom. The molecule has 9 heteroatoms. The number of carbonyl (C=O) groups is 2. The SMILES string of the molecule is COC(=O)c1c(C)[nH]c(C(=O)C(C)Sc2ncnc3c2cnn3C)c1C. The van der Waals surface area contributed by atoms with Crippen molar-refractivity contribution in [1.29, 1.82) is 0 Å². The maximum absolute atomic E-state index is 12.9. The van der Waals surface area contributed by atoms with Crippen LogP contribution in [0.1, 0.15) is 39.0 Å². The molecule has 1 unspecified atom stereocenters. The van der Waals surface area contributed by atoms with Crippen LogP contribution in [0.4, 0.5) is 0 Å². The molecule has 0 aliphatic rings. The Balaban J connectivity index is 1.90. The van der Waals surface area contributed by atoms with Crippen molar-refractivity contribution in [3.63, 3.8) is 0 Å². The van der Waals surface area contributed by atoms with Gasteiger partial charge in [-0.1, -0.05) is 11.8 Å². The number of H-pyrrole nitrogens is 1. The fourth-order valence-electron chi connectivity index (χ4n) is 2.86. The van der Waals surface area contributed by atoms with Crippen LogP contribution in [-0.2, 0) is 11.8 Å². The second-order valence-electron chi connectivity index (χ2n) is 5.93. The van der Waals surface area contributed by atoms with E-state index in [4.69, 9.17) is 4.74 Å². The summed E-state index contributed by atoms with van der Waals surface area (Å²) in [5.74, 6) is -0.565. The van der Waals surface area contributed by atoms with Gasteiger partial charge in [0.05, 0.1) is 35.2 Å². The minimum absolute atomic E-state index is 0.110. The number of esters is 1. The summed E-state index contributed by atoms with van der Waals surface area (Å²) in [5, 5.41) is 5.27. The summed E-state index contributed by atoms with van der Waals surface area (Å²) in [6.45, 7) is 5.30. The molecule has 0 aromatic carbocycles. The van der Waals surface area contributed by atoms with Crippen LogP contribution < -0.4 is 0 Å². The summed E-state index contributed by atoms with van der Waals surface area (Å²) >= 11 is 1.34. The van der Waals surface area contributed by atoms with E-state index in [9.17, 15) is 9.59 Å². The van der Waals surface area contributed by atoms with Crippen molar-refractivity contribution in [1.82, 2.24) is 24.7 Å². The van der Waals surface area contributed by atoms with Crippen LogP contribution in [0, 0.1) is 13.8 Å². The molecule has 0 spiro atoms. The maximum atomic E-state index is 12.9. The fourth-order valence-corrected chi connectivity index (χ4v) is 3.80. The van der Waals surface area contributed by atoms with Crippen LogP contribution in [0.2, 0.25) is 0 Å². The molecule has 26 heavy (non-hydrogen) atoms. The molecular weight excluding hydrogens is 354 g/mol. The first-order valence-corrected chi connectivity index (χ1v) is 8.84. The second kappa shape index (κ2) is 6.91. The van der Waals surface area contributed by atoms with Crippen molar-refractivity contribution < 1.29 is 14.3 Å². The van der Waals surface area contributed by atoms with E-state index in [0.29, 0.717) is 33.2 Å². The highest BCUT2D eigenvalue weighted by atomic mass is 32.2. The Hall–Kier alpha value is -2.68. The van der Waals surface area contributed by atoms with Gasteiger partial charge in [-0.2, -0.15) is 5.10 Å². The van der Waals surface area contributed by atoms with Gasteiger partial charge in [0.15, 0.2) is 11.4 Å². The van der Waals surface area contributed by atoms with Crippen molar-refractivity contribution in [2.75, 3.05) is 7.11 Å². The summed E-state index contributed by atoms with van der Waals surface area (Å²) in [4.78, 5) is 36.3. The summed E-state index contributed by atoms with van der Waals surface area (Å²) < 4.78 is 6.46. The molecule has 1 atom stereocenters. The molecule has 0 radical (unpaired) electrons. The van der Waals surface area contributed by atoms with E-state index in [2.05, 4.69) is 20.1 Å². The van der Waals surface area contributed by atoms with Gasteiger partial charge in [0.2, 0.25) is 0 Å². The van der Waals surface area contributed by atoms with Gasteiger partial charge in [-0.05, 0) is 26.3 Å². The average molecular weight is 373 g/mol. The molecular formula is C17H19N5O3S. The zero-order chi connectivity index (χ0) is 19.0. The molecule has 0 fully saturated rings. The lowest BCUT2D eigenvalue weighted by atomic mass is 10.1. The third-order valence-corrected chi connectivity index (χ3v) is 5.34. The zero-order valence-electron chi connectivity index (χ0n) is 15.2. The van der Waals surface area contributed by atoms with Gasteiger partial charge in [-0.25, -0.2) is 14.8 Å². The van der Waals surface area contributed by atoms with Gasteiger partial charge in [0.25, 0.3) is 0 Å². The highest BCUT2D eigenvalue weighted by Gasteiger charge is 2.26. The van der Waals surface area contributed by atoms with E-state index in [1.165, 1.54) is 25.2 Å². The van der Waals surface area contributed by atoms with Crippen molar-refractivity contribution in [3.05, 3.63) is 35.0 Å². The Bertz CT molecular complexity index is 1010. The summed E-state index contributed by atoms with van der Waals surface area (Å²) in [6.07, 6.45) is 3.15. The fraction of sp³-hybridized carbons (Fsp3) is 0.353. The highest BCUT2D eigenvalue weighted by molar-refractivity contribution is 8.00. The molecule has 3 aromatic rings. The number of aromatic amines is 1. The number of ether oxygens (including phenoxy) is 1. The lowest BCUT2D eigenvalue weighted by Crippen LogP contribution is -2.16. The largest absolute Gasteiger partial charge is 0.465 e. The van der Waals surface area contributed by atoms with Crippen LogP contribution in [0.3, 0.4) is 0 Å². The summed E-state index contributed by atoms with van der Waals surface area (Å²) in [6, 6.07) is 0. The van der Waals surface area contributed by atoms with E-state index in [1.54, 1.807) is 31.8 Å². The second-order valence-corrected chi connectivity index (χ2v) is 7.25. The Morgan fingerprint density at radius 1 is 1.31 bits per heavy atom. The van der Waals surface area contributed by atoms with Gasteiger partial charge in [-0.15, -0.1) is 0 Å². The predicted octanol–water partition coefficient (Wildman–Crippen LogP) is 2.46. The lowest BCUT2D eigenvalue weighted by Gasteiger charge is -2.10. The molecule has 1 N–H and O–H groups in total. The molecule has 3 heterocycles. The monoisotopic (exact) mass is 373 g/mol. The van der Waals surface area contributed by atoms with Crippen LogP contribution >= 0.6 is 11.8 Å². The van der Waals surface area contributed by atoms with Crippen molar-refractivity contribution in [2.24, 2.45) is 7.05 Å². The van der Waals surface area contributed by atoms with E-state index < -0.39 is 11.2 Å². The Labute approximate surface area is 154 Å². The Morgan fingerprint density at radius 2 is 2.04 bits per heavy atom. The zero-order valence-corrected chi connectivity index (χ0v) is 16.0. The highest BCUT2D eigenvalue weighted by Crippen LogP contribution is 2.30. The normalized spacial score (nSPS) is 12.3. The molecule has 0 bridgehead atoms. The van der Waals surface area contributed by atoms with Crippen LogP contribution in [-0.4, -0.2) is 48.8 Å². The number of nitrogens with zero attached hydrogens (tertiary/aromatic N) is 4. The van der Waals surface area contributed by atoms with E-state index in [-0.39, 0.29) is 5.78 Å². The molecule has 0 saturated carbocycles. The number of fused-ring (bicyclic) bond motifs is 1. The third-order valence-electron chi connectivity index (χ3n) is 4.22. The number of ketones is 1. The summed E-state index contributed by atoms with van der Waals surface area (Å²) in [7, 11) is 3.13. The van der Waals surface area contributed by atoms with Gasteiger partial charge in [0, 0.05) is 12.7 Å². The third kappa shape index (κ3) is 2.98. The first-order chi connectivity index (χ1) is 12.3. The van der Waals surface area contributed by atoms with Gasteiger partial charge in [0.1, 0.15) is 11.4 Å². The number of nitrogens with one attached hydrogen (secondary N) is 1. The number of hydrogen-bond donors (Lipinski definition) is 1. The van der Waals surface area contributed by atoms with E-state index in [0.717, 1.165) is 5.39 Å². The Kier molecular flexibility index (Phi) is 4.82. The molecule has 0 aliphatic carbocycles. The molecule has 3 aromatic heterocycles. The van der Waals surface area contributed by atoms with Crippen molar-refractivity contribution >= 4 is 34.5 Å². The molecule has 0 aliphatic heterocycles. The molecule has 0 amide bonds. The first kappa shape index (κ1) is 18.1. The number of methoxy groups -OCH3 is 1. The number of hydrogen-bond acceptors (Lipinski definition) is 7. The number of aryl methyl sites for hydroxylation is 2. The minimum Gasteiger partial charge on any atom is -0.465 e. The maximum Gasteiger partial charge on any atom is 0.339 e. The first-order valence-electron chi connectivity index (χ1n) is 7.96. The van der Waals surface area contributed by atoms with Gasteiger partial charge < -0.3 is 9.72 Å². The molecule has 3 rings (SSSR count). The number of carbonyl (C=O) groups excluding carboxylic acids is 2. The van der Waals surface area contributed by atoms with Gasteiger partial charge in [-0.3, -0.25) is 9.48 Å². The molecule has 0 saturated heterocycles. The van der Waals surface area contributed by atoms with Crippen molar-refractivity contribution in [2.45, 2.75) is 31.0 Å². The minimum atomic E-state index is -0.455. The van der Waals surface area contributed by atoms with Gasteiger partial charge >= 0.3 is 5.97 Å². The molecule has 8 nitrogen and oxygen atoms in total. The quantitative estimate of drug-likeness (QED) is 0.317. The molecule has 136 valence electrons. The smallest absolute Gasteiger partial charge is 0.339 e. The van der Waals surface area contributed by atoms with Crippen LogP contribution in [0.15, 0.2) is 17.6 Å². The van der Waals surface area contributed by atoms with Crippen LogP contribution in [0.25, 0.3) is 11.0 Å². The van der Waals surface area contributed by atoms with E-state index >= 15 is 0 Å². The lowest BCUT2D eigenvalue weighted by molar-refractivity contribution is 0.0599. The van der Waals surface area contributed by atoms with E-state index in [1.807, 2.05) is 6.92 Å². The predicted molar refractivity (Wildman–Crippen MR) is 97.6 cm³/mol.